The van der Waals surface area contributed by atoms with Gasteiger partial charge in [0, 0.05) is 18.8 Å². The third-order valence-corrected chi connectivity index (χ3v) is 7.11. The van der Waals surface area contributed by atoms with Crippen molar-refractivity contribution in [2.45, 2.75) is 22.3 Å². The Labute approximate surface area is 122 Å². The van der Waals surface area contributed by atoms with Crippen molar-refractivity contribution in [3.8, 4) is 0 Å². The molecule has 0 N–H and O–H groups in total. The number of hydrogen-bond acceptors (Lipinski definition) is 5. The molecule has 1 heterocycles. The Balaban J connectivity index is 2.30. The lowest BCUT2D eigenvalue weighted by atomic mass is 10.3. The van der Waals surface area contributed by atoms with Gasteiger partial charge in [0.05, 0.1) is 9.79 Å². The molecule has 1 atom stereocenters. The average Bonchev–Trinajstić information content (AvgIpc) is 2.90. The maximum absolute atomic E-state index is 12.8. The summed E-state index contributed by atoms with van der Waals surface area (Å²) in [6.07, 6.45) is 0.789. The first-order valence-electron chi connectivity index (χ1n) is 5.83. The van der Waals surface area contributed by atoms with Crippen LogP contribution in [0.15, 0.2) is 34.1 Å². The number of thioether (sulfide) groups is 1. The van der Waals surface area contributed by atoms with Crippen LogP contribution in [-0.2, 0) is 20.2 Å². The van der Waals surface area contributed by atoms with Gasteiger partial charge in [0.1, 0.15) is 0 Å². The van der Waals surface area contributed by atoms with Gasteiger partial charge in [0.25, 0.3) is 0 Å². The van der Waals surface area contributed by atoms with Gasteiger partial charge in [0.2, 0.25) is 10.0 Å². The molecule has 1 aromatic rings. The Hall–Kier alpha value is -0.640. The third-order valence-electron chi connectivity index (χ3n) is 3.20. The van der Waals surface area contributed by atoms with Gasteiger partial charge >= 0.3 is 10.2 Å². The van der Waals surface area contributed by atoms with Crippen molar-refractivity contribution < 1.29 is 20.7 Å². The molecule has 1 fully saturated rings. The second-order valence-electron chi connectivity index (χ2n) is 4.45. The number of rotatable bonds is 4. The number of hydrogen-bond donors (Lipinski definition) is 0. The van der Waals surface area contributed by atoms with Crippen molar-refractivity contribution in [2.75, 3.05) is 18.6 Å². The van der Waals surface area contributed by atoms with Crippen LogP contribution in [0.1, 0.15) is 6.42 Å². The predicted molar refractivity (Wildman–Crippen MR) is 75.4 cm³/mol. The first-order chi connectivity index (χ1) is 9.23. The smallest absolute Gasteiger partial charge is 0.207 e. The van der Waals surface area contributed by atoms with Crippen LogP contribution in [0, 0.1) is 0 Å². The molecule has 1 aliphatic heterocycles. The molecule has 1 saturated heterocycles. The highest BCUT2D eigenvalue weighted by Crippen LogP contribution is 2.26. The minimum atomic E-state index is -4.81. The van der Waals surface area contributed by atoms with E-state index in [2.05, 4.69) is 0 Å². The largest absolute Gasteiger partial charge is 0.332 e. The van der Waals surface area contributed by atoms with Gasteiger partial charge in [0.15, 0.2) is 0 Å². The number of halogens is 1. The average molecular weight is 339 g/mol. The Morgan fingerprint density at radius 2 is 1.70 bits per heavy atom. The standard InChI is InChI=1S/C11H14FNO4S3/c1-13(9-6-7-18-8-9)20(16,17)11-4-2-10(3-5-11)19(12,14)15/h2-5,9H,6-8H2,1H3. The first kappa shape index (κ1) is 15.7. The van der Waals surface area contributed by atoms with E-state index < -0.39 is 25.1 Å². The van der Waals surface area contributed by atoms with Crippen molar-refractivity contribution in [1.82, 2.24) is 4.31 Å². The summed E-state index contributed by atoms with van der Waals surface area (Å²) in [5.41, 5.74) is 0. The van der Waals surface area contributed by atoms with E-state index in [9.17, 15) is 20.7 Å². The molecule has 0 aromatic heterocycles. The van der Waals surface area contributed by atoms with E-state index in [1.807, 2.05) is 0 Å². The van der Waals surface area contributed by atoms with Crippen molar-refractivity contribution in [1.29, 1.82) is 0 Å². The van der Waals surface area contributed by atoms with E-state index in [1.54, 1.807) is 11.8 Å². The van der Waals surface area contributed by atoms with Crippen LogP contribution in [0.3, 0.4) is 0 Å². The van der Waals surface area contributed by atoms with Crippen LogP contribution in [-0.4, -0.2) is 45.7 Å². The highest BCUT2D eigenvalue weighted by Gasteiger charge is 2.30. The molecule has 0 radical (unpaired) electrons. The lowest BCUT2D eigenvalue weighted by Gasteiger charge is -2.23. The molecular weight excluding hydrogens is 325 g/mol. The summed E-state index contributed by atoms with van der Waals surface area (Å²) in [5, 5.41) is 0. The van der Waals surface area contributed by atoms with Gasteiger partial charge in [-0.25, -0.2) is 8.42 Å². The summed E-state index contributed by atoms with van der Waals surface area (Å²) in [7, 11) is -6.99. The lowest BCUT2D eigenvalue weighted by molar-refractivity contribution is 0.394. The van der Waals surface area contributed by atoms with E-state index in [1.165, 1.54) is 11.4 Å². The molecule has 1 aliphatic rings. The van der Waals surface area contributed by atoms with Crippen LogP contribution < -0.4 is 0 Å². The zero-order valence-electron chi connectivity index (χ0n) is 10.7. The molecule has 0 amide bonds. The summed E-state index contributed by atoms with van der Waals surface area (Å²) in [6, 6.07) is 4.08. The van der Waals surface area contributed by atoms with E-state index in [-0.39, 0.29) is 10.9 Å². The molecule has 2 rings (SSSR count). The Morgan fingerprint density at radius 1 is 1.15 bits per heavy atom. The molecule has 0 bridgehead atoms. The normalized spacial score (nSPS) is 20.4. The van der Waals surface area contributed by atoms with Crippen LogP contribution in [0.25, 0.3) is 0 Å². The van der Waals surface area contributed by atoms with Gasteiger partial charge in [-0.15, -0.1) is 3.89 Å². The quantitative estimate of drug-likeness (QED) is 0.777. The summed E-state index contributed by atoms with van der Waals surface area (Å²) in [6.45, 7) is 0. The topological polar surface area (TPSA) is 71.5 Å². The zero-order chi connectivity index (χ0) is 15.0. The van der Waals surface area contributed by atoms with Gasteiger partial charge < -0.3 is 0 Å². The van der Waals surface area contributed by atoms with E-state index in [4.69, 9.17) is 0 Å². The molecular formula is C11H14FNO4S3. The lowest BCUT2D eigenvalue weighted by Crippen LogP contribution is -2.36. The molecule has 5 nitrogen and oxygen atoms in total. The monoisotopic (exact) mass is 339 g/mol. The van der Waals surface area contributed by atoms with Crippen LogP contribution in [0.4, 0.5) is 3.89 Å². The molecule has 112 valence electrons. The highest BCUT2D eigenvalue weighted by atomic mass is 32.3. The fraction of sp³-hybridized carbons (Fsp3) is 0.455. The molecule has 1 aromatic carbocycles. The minimum Gasteiger partial charge on any atom is -0.207 e. The SMILES string of the molecule is CN(C1CCSC1)S(=O)(=O)c1ccc(S(=O)(=O)F)cc1. The van der Waals surface area contributed by atoms with Gasteiger partial charge in [-0.2, -0.15) is 24.5 Å². The summed E-state index contributed by atoms with van der Waals surface area (Å²) < 4.78 is 60.2. The maximum atomic E-state index is 12.8. The Bertz CT molecular complexity index is 679. The van der Waals surface area contributed by atoms with E-state index in [0.29, 0.717) is 0 Å². The van der Waals surface area contributed by atoms with Gasteiger partial charge in [-0.1, -0.05) is 0 Å². The Morgan fingerprint density at radius 3 is 2.15 bits per heavy atom. The second kappa shape index (κ2) is 5.63. The van der Waals surface area contributed by atoms with E-state index >= 15 is 0 Å². The van der Waals surface area contributed by atoms with Crippen molar-refractivity contribution in [3.63, 3.8) is 0 Å². The minimum absolute atomic E-state index is 0.0377. The van der Waals surface area contributed by atoms with Crippen molar-refractivity contribution in [3.05, 3.63) is 24.3 Å². The molecule has 0 saturated carbocycles. The predicted octanol–water partition coefficient (Wildman–Crippen LogP) is 1.47. The zero-order valence-corrected chi connectivity index (χ0v) is 13.1. The van der Waals surface area contributed by atoms with Gasteiger partial charge in [-0.3, -0.25) is 0 Å². The summed E-state index contributed by atoms with van der Waals surface area (Å²) in [4.78, 5) is -0.583. The molecule has 0 spiro atoms. The molecule has 0 aliphatic carbocycles. The van der Waals surface area contributed by atoms with Gasteiger partial charge in [-0.05, 0) is 36.4 Å². The number of benzene rings is 1. The molecule has 9 heteroatoms. The molecule has 20 heavy (non-hydrogen) atoms. The summed E-state index contributed by atoms with van der Waals surface area (Å²) >= 11 is 1.69. The second-order valence-corrected chi connectivity index (χ2v) is 8.94. The summed E-state index contributed by atoms with van der Waals surface area (Å²) in [5.74, 6) is 1.66. The fourth-order valence-electron chi connectivity index (χ4n) is 1.95. The highest BCUT2D eigenvalue weighted by molar-refractivity contribution is 7.99. The van der Waals surface area contributed by atoms with Crippen LogP contribution in [0.2, 0.25) is 0 Å². The van der Waals surface area contributed by atoms with Crippen LogP contribution in [0.5, 0.6) is 0 Å². The first-order valence-corrected chi connectivity index (χ1v) is 9.81. The molecule has 1 unspecified atom stereocenters. The van der Waals surface area contributed by atoms with Crippen LogP contribution >= 0.6 is 11.8 Å². The van der Waals surface area contributed by atoms with Crippen molar-refractivity contribution in [2.24, 2.45) is 0 Å². The third kappa shape index (κ3) is 3.16. The number of nitrogens with zero attached hydrogens (tertiary/aromatic N) is 1. The van der Waals surface area contributed by atoms with Crippen molar-refractivity contribution >= 4 is 32.0 Å². The maximum Gasteiger partial charge on any atom is 0.332 e. The fourth-order valence-corrected chi connectivity index (χ4v) is 5.15. The Kier molecular flexibility index (Phi) is 4.43. The number of sulfonamides is 1. The van der Waals surface area contributed by atoms with E-state index in [0.717, 1.165) is 42.2 Å².